The molecule has 0 atom stereocenters. The zero-order valence-electron chi connectivity index (χ0n) is 18.1. The molecule has 1 aromatic rings. The van der Waals surface area contributed by atoms with Crippen LogP contribution in [0.2, 0.25) is 0 Å². The van der Waals surface area contributed by atoms with Crippen LogP contribution in [0.5, 0.6) is 0 Å². The summed E-state index contributed by atoms with van der Waals surface area (Å²) in [5.41, 5.74) is 5.56. The van der Waals surface area contributed by atoms with Crippen molar-refractivity contribution in [3.63, 3.8) is 0 Å². The zero-order valence-corrected chi connectivity index (χ0v) is 20.4. The van der Waals surface area contributed by atoms with Crippen LogP contribution in [0.25, 0.3) is 0 Å². The Balaban J connectivity index is 0.00000364. The lowest BCUT2D eigenvalue weighted by atomic mass is 9.97. The van der Waals surface area contributed by atoms with Crippen molar-refractivity contribution in [3.05, 3.63) is 34.4 Å². The summed E-state index contributed by atoms with van der Waals surface area (Å²) in [5.74, 6) is 0.970. The van der Waals surface area contributed by atoms with Gasteiger partial charge in [-0.3, -0.25) is 4.99 Å². The van der Waals surface area contributed by atoms with Gasteiger partial charge in [-0.15, -0.1) is 24.0 Å². The molecule has 0 aliphatic carbocycles. The maximum absolute atomic E-state index is 4.84. The van der Waals surface area contributed by atoms with Crippen molar-refractivity contribution in [2.75, 3.05) is 26.2 Å². The molecule has 1 aliphatic heterocycles. The monoisotopic (exact) mass is 486 g/mol. The molecular formula is C22H39IN4. The van der Waals surface area contributed by atoms with E-state index in [4.69, 9.17) is 4.99 Å². The first-order valence-corrected chi connectivity index (χ1v) is 10.3. The minimum Gasteiger partial charge on any atom is -0.357 e. The summed E-state index contributed by atoms with van der Waals surface area (Å²) in [6.45, 7) is 17.4. The molecule has 0 amide bonds. The molecule has 1 aromatic carbocycles. The maximum Gasteiger partial charge on any atom is 0.191 e. The second-order valence-electron chi connectivity index (χ2n) is 7.94. The number of aliphatic imine (C=N–C) groups is 1. The van der Waals surface area contributed by atoms with Crippen molar-refractivity contribution < 1.29 is 0 Å². The number of hydrogen-bond acceptors (Lipinski definition) is 2. The van der Waals surface area contributed by atoms with Gasteiger partial charge >= 0.3 is 0 Å². The Morgan fingerprint density at radius 2 is 1.74 bits per heavy atom. The summed E-state index contributed by atoms with van der Waals surface area (Å²) in [5, 5.41) is 7.07. The predicted octanol–water partition coefficient (Wildman–Crippen LogP) is 4.20. The molecule has 2 rings (SSSR count). The van der Waals surface area contributed by atoms with Gasteiger partial charge in [0.2, 0.25) is 0 Å². The quantitative estimate of drug-likeness (QED) is 0.360. The normalized spacial score (nSPS) is 16.3. The van der Waals surface area contributed by atoms with Gasteiger partial charge in [0.1, 0.15) is 0 Å². The summed E-state index contributed by atoms with van der Waals surface area (Å²) in [6.07, 6.45) is 3.39. The van der Waals surface area contributed by atoms with E-state index in [1.165, 1.54) is 48.2 Å². The molecule has 1 saturated heterocycles. The first-order chi connectivity index (χ1) is 12.4. The molecule has 154 valence electrons. The molecule has 1 fully saturated rings. The summed E-state index contributed by atoms with van der Waals surface area (Å²) >= 11 is 0. The predicted molar refractivity (Wildman–Crippen MR) is 129 cm³/mol. The number of nitrogens with one attached hydrogen (secondary N) is 2. The van der Waals surface area contributed by atoms with E-state index in [2.05, 4.69) is 69.2 Å². The van der Waals surface area contributed by atoms with Gasteiger partial charge in [0.05, 0.1) is 0 Å². The number of aryl methyl sites for hydroxylation is 3. The SMILES string of the molecule is CCNC(=NCCc1c(C)cc(C)cc1C)NC1CCN(C(C)C)CC1.I. The van der Waals surface area contributed by atoms with E-state index in [0.29, 0.717) is 12.1 Å². The van der Waals surface area contributed by atoms with E-state index >= 15 is 0 Å². The molecule has 5 heteroatoms. The Hall–Kier alpha value is -0.820. The minimum atomic E-state index is 0. The number of piperidine rings is 1. The van der Waals surface area contributed by atoms with Crippen molar-refractivity contribution in [1.29, 1.82) is 0 Å². The molecule has 27 heavy (non-hydrogen) atoms. The van der Waals surface area contributed by atoms with Gasteiger partial charge < -0.3 is 15.5 Å². The third-order valence-corrected chi connectivity index (χ3v) is 5.42. The Kier molecular flexibility index (Phi) is 10.7. The number of benzene rings is 1. The number of hydrogen-bond donors (Lipinski definition) is 2. The first-order valence-electron chi connectivity index (χ1n) is 10.3. The zero-order chi connectivity index (χ0) is 19.1. The standard InChI is InChI=1S/C22H38N4.HI/c1-7-23-22(25-20-9-12-26(13-10-20)16(2)3)24-11-8-21-18(5)14-17(4)15-19(21)6;/h14-16,20H,7-13H2,1-6H3,(H2,23,24,25);1H. The molecule has 0 bridgehead atoms. The number of guanidine groups is 1. The topological polar surface area (TPSA) is 39.7 Å². The van der Waals surface area contributed by atoms with Crippen LogP contribution in [0, 0.1) is 20.8 Å². The van der Waals surface area contributed by atoms with Gasteiger partial charge in [0.25, 0.3) is 0 Å². The van der Waals surface area contributed by atoms with Gasteiger partial charge in [-0.1, -0.05) is 17.7 Å². The summed E-state index contributed by atoms with van der Waals surface area (Å²) in [7, 11) is 0. The molecule has 2 N–H and O–H groups in total. The van der Waals surface area contributed by atoms with Gasteiger partial charge in [0.15, 0.2) is 5.96 Å². The highest BCUT2D eigenvalue weighted by Gasteiger charge is 2.21. The maximum atomic E-state index is 4.84. The second kappa shape index (κ2) is 11.9. The van der Waals surface area contributed by atoms with Crippen molar-refractivity contribution in [2.24, 2.45) is 4.99 Å². The van der Waals surface area contributed by atoms with Gasteiger partial charge in [-0.05, 0) is 77.5 Å². The van der Waals surface area contributed by atoms with Gasteiger partial charge in [0, 0.05) is 38.3 Å². The number of likely N-dealkylation sites (tertiary alicyclic amines) is 1. The molecular weight excluding hydrogens is 447 g/mol. The fraction of sp³-hybridized carbons (Fsp3) is 0.682. The van der Waals surface area contributed by atoms with E-state index in [1.54, 1.807) is 0 Å². The van der Waals surface area contributed by atoms with Gasteiger partial charge in [-0.2, -0.15) is 0 Å². The smallest absolute Gasteiger partial charge is 0.191 e. The highest BCUT2D eigenvalue weighted by atomic mass is 127. The fourth-order valence-corrected chi connectivity index (χ4v) is 3.96. The molecule has 4 nitrogen and oxygen atoms in total. The number of nitrogens with zero attached hydrogens (tertiary/aromatic N) is 2. The Bertz CT molecular complexity index is 581. The lowest BCUT2D eigenvalue weighted by Crippen LogP contribution is -2.49. The van der Waals surface area contributed by atoms with Crippen LogP contribution in [-0.4, -0.2) is 49.1 Å². The Labute approximate surface area is 183 Å². The Morgan fingerprint density at radius 1 is 1.15 bits per heavy atom. The third-order valence-electron chi connectivity index (χ3n) is 5.42. The van der Waals surface area contributed by atoms with Crippen LogP contribution in [0.1, 0.15) is 55.9 Å². The molecule has 0 aromatic heterocycles. The van der Waals surface area contributed by atoms with Gasteiger partial charge in [-0.25, -0.2) is 0 Å². The van der Waals surface area contributed by atoms with Crippen LogP contribution < -0.4 is 10.6 Å². The van der Waals surface area contributed by atoms with E-state index in [1.807, 2.05) is 0 Å². The van der Waals surface area contributed by atoms with Crippen molar-refractivity contribution in [1.82, 2.24) is 15.5 Å². The number of rotatable bonds is 6. The molecule has 0 radical (unpaired) electrons. The fourth-order valence-electron chi connectivity index (χ4n) is 3.96. The molecule has 1 aliphatic rings. The molecule has 0 saturated carbocycles. The average Bonchev–Trinajstić information content (AvgIpc) is 2.57. The van der Waals surface area contributed by atoms with Crippen molar-refractivity contribution in [2.45, 2.75) is 72.9 Å². The Morgan fingerprint density at radius 3 is 2.26 bits per heavy atom. The largest absolute Gasteiger partial charge is 0.357 e. The molecule has 0 spiro atoms. The minimum absolute atomic E-state index is 0. The third kappa shape index (κ3) is 7.60. The van der Waals surface area contributed by atoms with Crippen LogP contribution in [0.3, 0.4) is 0 Å². The lowest BCUT2D eigenvalue weighted by molar-refractivity contribution is 0.167. The summed E-state index contributed by atoms with van der Waals surface area (Å²) < 4.78 is 0. The van der Waals surface area contributed by atoms with E-state index in [-0.39, 0.29) is 24.0 Å². The van der Waals surface area contributed by atoms with Crippen LogP contribution in [0.4, 0.5) is 0 Å². The van der Waals surface area contributed by atoms with Crippen LogP contribution in [0.15, 0.2) is 17.1 Å². The average molecular weight is 486 g/mol. The van der Waals surface area contributed by atoms with Crippen molar-refractivity contribution in [3.8, 4) is 0 Å². The first kappa shape index (κ1) is 24.2. The van der Waals surface area contributed by atoms with E-state index in [0.717, 1.165) is 25.5 Å². The highest BCUT2D eigenvalue weighted by Crippen LogP contribution is 2.17. The lowest BCUT2D eigenvalue weighted by Gasteiger charge is -2.35. The summed E-state index contributed by atoms with van der Waals surface area (Å²) in [4.78, 5) is 7.40. The second-order valence-corrected chi connectivity index (χ2v) is 7.94. The highest BCUT2D eigenvalue weighted by molar-refractivity contribution is 14.0. The van der Waals surface area contributed by atoms with Crippen LogP contribution >= 0.6 is 24.0 Å². The number of halogens is 1. The summed E-state index contributed by atoms with van der Waals surface area (Å²) in [6, 6.07) is 5.74. The van der Waals surface area contributed by atoms with E-state index < -0.39 is 0 Å². The van der Waals surface area contributed by atoms with Crippen LogP contribution in [-0.2, 0) is 6.42 Å². The molecule has 1 heterocycles. The van der Waals surface area contributed by atoms with E-state index in [9.17, 15) is 0 Å². The van der Waals surface area contributed by atoms with Crippen molar-refractivity contribution >= 4 is 29.9 Å². The molecule has 0 unspecified atom stereocenters.